The Bertz CT molecular complexity index is 595. The van der Waals surface area contributed by atoms with Gasteiger partial charge in [0.2, 0.25) is 5.95 Å². The van der Waals surface area contributed by atoms with Gasteiger partial charge < -0.3 is 21.1 Å². The second-order valence-electron chi connectivity index (χ2n) is 7.31. The summed E-state index contributed by atoms with van der Waals surface area (Å²) in [5, 5.41) is 6.75. The number of hydrogen-bond donors (Lipinski definition) is 3. The van der Waals surface area contributed by atoms with Gasteiger partial charge in [-0.3, -0.25) is 4.79 Å². The van der Waals surface area contributed by atoms with E-state index in [2.05, 4.69) is 27.5 Å². The Morgan fingerprint density at radius 2 is 1.96 bits per heavy atom. The topological polar surface area (TPSA) is 102 Å². The molecule has 2 aliphatic carbocycles. The number of primary amides is 1. The van der Waals surface area contributed by atoms with Crippen molar-refractivity contribution >= 4 is 17.7 Å². The SMILES string of the molecule is CCOC1CCC(Nc2ncc(C(N)=O)c(NC3CC(C)C3)n2)CC1. The Morgan fingerprint density at radius 3 is 2.56 bits per heavy atom. The molecule has 0 saturated heterocycles. The van der Waals surface area contributed by atoms with E-state index < -0.39 is 5.91 Å². The Labute approximate surface area is 149 Å². The van der Waals surface area contributed by atoms with Gasteiger partial charge in [0, 0.05) is 24.9 Å². The number of carbonyl (C=O) groups excluding carboxylic acids is 1. The smallest absolute Gasteiger partial charge is 0.254 e. The van der Waals surface area contributed by atoms with Gasteiger partial charge in [-0.1, -0.05) is 6.92 Å². The number of nitrogens with two attached hydrogens (primary N) is 1. The number of anilines is 2. The lowest BCUT2D eigenvalue weighted by molar-refractivity contribution is 0.0346. The summed E-state index contributed by atoms with van der Waals surface area (Å²) in [4.78, 5) is 20.4. The molecule has 0 unspecified atom stereocenters. The van der Waals surface area contributed by atoms with E-state index in [9.17, 15) is 4.79 Å². The Hall–Kier alpha value is -1.89. The fraction of sp³-hybridized carbons (Fsp3) is 0.722. The van der Waals surface area contributed by atoms with E-state index in [0.29, 0.717) is 35.5 Å². The van der Waals surface area contributed by atoms with Gasteiger partial charge in [0.25, 0.3) is 5.91 Å². The van der Waals surface area contributed by atoms with Crippen LogP contribution in [-0.4, -0.2) is 40.7 Å². The van der Waals surface area contributed by atoms with Crippen LogP contribution in [0.25, 0.3) is 0 Å². The fourth-order valence-electron chi connectivity index (χ4n) is 3.75. The van der Waals surface area contributed by atoms with Crippen molar-refractivity contribution in [3.63, 3.8) is 0 Å². The van der Waals surface area contributed by atoms with Crippen LogP contribution in [-0.2, 0) is 4.74 Å². The molecule has 0 atom stereocenters. The minimum Gasteiger partial charge on any atom is -0.379 e. The zero-order chi connectivity index (χ0) is 17.8. The van der Waals surface area contributed by atoms with Crippen molar-refractivity contribution in [2.75, 3.05) is 17.2 Å². The van der Waals surface area contributed by atoms with E-state index in [-0.39, 0.29) is 0 Å². The molecule has 1 amide bonds. The van der Waals surface area contributed by atoms with Crippen molar-refractivity contribution in [3.8, 4) is 0 Å². The summed E-state index contributed by atoms with van der Waals surface area (Å²) in [5.74, 6) is 1.32. The van der Waals surface area contributed by atoms with Crippen LogP contribution >= 0.6 is 0 Å². The van der Waals surface area contributed by atoms with E-state index in [1.165, 1.54) is 6.20 Å². The summed E-state index contributed by atoms with van der Waals surface area (Å²) in [6.45, 7) is 5.03. The third kappa shape index (κ3) is 4.60. The van der Waals surface area contributed by atoms with E-state index in [1.54, 1.807) is 0 Å². The van der Waals surface area contributed by atoms with Crippen molar-refractivity contribution in [1.29, 1.82) is 0 Å². The van der Waals surface area contributed by atoms with E-state index in [4.69, 9.17) is 10.5 Å². The molecule has 0 aromatic carbocycles. The summed E-state index contributed by atoms with van der Waals surface area (Å²) < 4.78 is 5.69. The van der Waals surface area contributed by atoms with E-state index in [0.717, 1.165) is 51.0 Å². The van der Waals surface area contributed by atoms with Crippen LogP contribution in [0.3, 0.4) is 0 Å². The number of rotatable bonds is 7. The number of nitrogens with one attached hydrogen (secondary N) is 2. The average Bonchev–Trinajstić information content (AvgIpc) is 2.55. The molecule has 7 nitrogen and oxygen atoms in total. The monoisotopic (exact) mass is 347 g/mol. The van der Waals surface area contributed by atoms with Gasteiger partial charge in [-0.2, -0.15) is 4.98 Å². The van der Waals surface area contributed by atoms with Crippen LogP contribution in [0.1, 0.15) is 62.7 Å². The van der Waals surface area contributed by atoms with Crippen LogP contribution in [0.15, 0.2) is 6.20 Å². The molecule has 2 saturated carbocycles. The highest BCUT2D eigenvalue weighted by atomic mass is 16.5. The molecule has 3 rings (SSSR count). The molecule has 0 radical (unpaired) electrons. The molecule has 7 heteroatoms. The summed E-state index contributed by atoms with van der Waals surface area (Å²) in [6.07, 6.45) is 8.25. The van der Waals surface area contributed by atoms with Crippen LogP contribution < -0.4 is 16.4 Å². The molecule has 0 aliphatic heterocycles. The molecular weight excluding hydrogens is 318 g/mol. The number of carbonyl (C=O) groups is 1. The van der Waals surface area contributed by atoms with Gasteiger partial charge in [0.15, 0.2) is 0 Å². The molecule has 138 valence electrons. The highest BCUT2D eigenvalue weighted by Crippen LogP contribution is 2.30. The average molecular weight is 347 g/mol. The highest BCUT2D eigenvalue weighted by molar-refractivity contribution is 5.97. The van der Waals surface area contributed by atoms with Crippen LogP contribution in [0.5, 0.6) is 0 Å². The third-order valence-corrected chi connectivity index (χ3v) is 5.18. The molecule has 0 bridgehead atoms. The number of aromatic nitrogens is 2. The predicted molar refractivity (Wildman–Crippen MR) is 97.7 cm³/mol. The first-order chi connectivity index (χ1) is 12.0. The normalized spacial score (nSPS) is 28.9. The van der Waals surface area contributed by atoms with Crippen LogP contribution in [0, 0.1) is 5.92 Å². The second-order valence-corrected chi connectivity index (χ2v) is 7.31. The standard InChI is InChI=1S/C18H29N5O2/c1-3-25-14-6-4-12(5-7-14)22-18-20-10-15(16(19)24)17(23-18)21-13-8-11(2)9-13/h10-14H,3-9H2,1-2H3,(H2,19,24)(H2,20,21,22,23). The molecular formula is C18H29N5O2. The minimum atomic E-state index is -0.501. The quantitative estimate of drug-likeness (QED) is 0.700. The Morgan fingerprint density at radius 1 is 1.24 bits per heavy atom. The first-order valence-corrected chi connectivity index (χ1v) is 9.36. The number of nitrogens with zero attached hydrogens (tertiary/aromatic N) is 2. The van der Waals surface area contributed by atoms with Gasteiger partial charge in [-0.25, -0.2) is 4.98 Å². The van der Waals surface area contributed by atoms with Gasteiger partial charge in [0.05, 0.1) is 11.7 Å². The van der Waals surface area contributed by atoms with Crippen molar-refractivity contribution in [2.45, 2.75) is 70.6 Å². The number of ether oxygens (including phenoxy) is 1. The minimum absolute atomic E-state index is 0.340. The summed E-state index contributed by atoms with van der Waals surface area (Å²) >= 11 is 0. The highest BCUT2D eigenvalue weighted by Gasteiger charge is 2.27. The largest absolute Gasteiger partial charge is 0.379 e. The Balaban J connectivity index is 1.62. The molecule has 1 aromatic heterocycles. The van der Waals surface area contributed by atoms with E-state index >= 15 is 0 Å². The van der Waals surface area contributed by atoms with Gasteiger partial charge in [-0.05, 0) is 51.4 Å². The van der Waals surface area contributed by atoms with Crippen molar-refractivity contribution in [3.05, 3.63) is 11.8 Å². The predicted octanol–water partition coefficient (Wildman–Crippen LogP) is 2.55. The summed E-state index contributed by atoms with van der Waals surface area (Å²) in [6, 6.07) is 0.699. The van der Waals surface area contributed by atoms with Crippen molar-refractivity contribution in [2.24, 2.45) is 11.7 Å². The molecule has 1 heterocycles. The second kappa shape index (κ2) is 7.99. The van der Waals surface area contributed by atoms with E-state index in [1.807, 2.05) is 6.92 Å². The lowest BCUT2D eigenvalue weighted by Gasteiger charge is -2.34. The maximum absolute atomic E-state index is 11.6. The first kappa shape index (κ1) is 17.9. The maximum Gasteiger partial charge on any atom is 0.254 e. The molecule has 1 aromatic rings. The summed E-state index contributed by atoms with van der Waals surface area (Å²) in [5.41, 5.74) is 5.81. The number of hydrogen-bond acceptors (Lipinski definition) is 6. The molecule has 2 fully saturated rings. The lowest BCUT2D eigenvalue weighted by Crippen LogP contribution is -2.35. The van der Waals surface area contributed by atoms with Crippen molar-refractivity contribution < 1.29 is 9.53 Å². The van der Waals surface area contributed by atoms with Crippen LogP contribution in [0.4, 0.5) is 11.8 Å². The maximum atomic E-state index is 11.6. The fourth-order valence-corrected chi connectivity index (χ4v) is 3.75. The zero-order valence-electron chi connectivity index (χ0n) is 15.1. The summed E-state index contributed by atoms with van der Waals surface area (Å²) in [7, 11) is 0. The molecule has 4 N–H and O–H groups in total. The zero-order valence-corrected chi connectivity index (χ0v) is 15.1. The Kier molecular flexibility index (Phi) is 5.73. The van der Waals surface area contributed by atoms with Crippen molar-refractivity contribution in [1.82, 2.24) is 9.97 Å². The molecule has 2 aliphatic rings. The number of amides is 1. The van der Waals surface area contributed by atoms with Gasteiger partial charge in [-0.15, -0.1) is 0 Å². The molecule has 0 spiro atoms. The van der Waals surface area contributed by atoms with Gasteiger partial charge in [0.1, 0.15) is 5.82 Å². The third-order valence-electron chi connectivity index (χ3n) is 5.18. The van der Waals surface area contributed by atoms with Crippen LogP contribution in [0.2, 0.25) is 0 Å². The lowest BCUT2D eigenvalue weighted by atomic mass is 9.82. The molecule has 25 heavy (non-hydrogen) atoms. The first-order valence-electron chi connectivity index (χ1n) is 9.36. The van der Waals surface area contributed by atoms with Gasteiger partial charge >= 0.3 is 0 Å².